The first kappa shape index (κ1) is 14.9. The molecule has 1 aliphatic rings. The molecule has 0 unspecified atom stereocenters. The van der Waals surface area contributed by atoms with Crippen LogP contribution in [0.5, 0.6) is 5.88 Å². The molecule has 116 valence electrons. The molecule has 0 spiro atoms. The highest BCUT2D eigenvalue weighted by Crippen LogP contribution is 2.25. The summed E-state index contributed by atoms with van der Waals surface area (Å²) in [6, 6.07) is -0.262. The largest absolute Gasteiger partial charge is 0.481 e. The number of anilines is 1. The number of hydrogen-bond acceptors (Lipinski definition) is 7. The molecule has 2 aromatic rings. The van der Waals surface area contributed by atoms with Gasteiger partial charge in [-0.2, -0.15) is 0 Å². The molecular formula is C14H17N5O2S. The average Bonchev–Trinajstić information content (AvgIpc) is 3.05. The van der Waals surface area contributed by atoms with Gasteiger partial charge in [-0.05, 0) is 6.92 Å². The van der Waals surface area contributed by atoms with Crippen LogP contribution in [-0.2, 0) is 17.8 Å². The maximum atomic E-state index is 12.3. The molecule has 3 rings (SSSR count). The molecule has 0 bridgehead atoms. The minimum atomic E-state index is -0.262. The molecule has 1 aliphatic heterocycles. The van der Waals surface area contributed by atoms with Gasteiger partial charge in [0.25, 0.3) is 0 Å². The quantitative estimate of drug-likeness (QED) is 0.916. The van der Waals surface area contributed by atoms with Gasteiger partial charge in [0, 0.05) is 36.7 Å². The van der Waals surface area contributed by atoms with Gasteiger partial charge in [0.15, 0.2) is 5.13 Å². The van der Waals surface area contributed by atoms with Crippen molar-refractivity contribution in [1.82, 2.24) is 19.9 Å². The topological polar surface area (TPSA) is 80.2 Å². The fourth-order valence-corrected chi connectivity index (χ4v) is 3.04. The highest BCUT2D eigenvalue weighted by Gasteiger charge is 2.28. The lowest BCUT2D eigenvalue weighted by molar-refractivity contribution is -0.121. The van der Waals surface area contributed by atoms with Gasteiger partial charge in [-0.25, -0.2) is 15.0 Å². The molecular weight excluding hydrogens is 302 g/mol. The number of nitrogens with one attached hydrogen (secondary N) is 1. The van der Waals surface area contributed by atoms with E-state index in [0.29, 0.717) is 17.6 Å². The Bertz CT molecular complexity index is 647. The van der Waals surface area contributed by atoms with Crippen molar-refractivity contribution in [2.24, 2.45) is 0 Å². The molecule has 0 saturated heterocycles. The van der Waals surface area contributed by atoms with Crippen LogP contribution in [0.3, 0.4) is 0 Å². The molecule has 3 heterocycles. The third kappa shape index (κ3) is 2.93. The van der Waals surface area contributed by atoms with Crippen LogP contribution in [0, 0.1) is 0 Å². The van der Waals surface area contributed by atoms with E-state index in [0.717, 1.165) is 24.2 Å². The number of ether oxygens (including phenoxy) is 1. The van der Waals surface area contributed by atoms with Crippen LogP contribution in [-0.4, -0.2) is 45.5 Å². The van der Waals surface area contributed by atoms with Crippen molar-refractivity contribution >= 4 is 22.4 Å². The van der Waals surface area contributed by atoms with E-state index < -0.39 is 0 Å². The van der Waals surface area contributed by atoms with Crippen LogP contribution in [0.15, 0.2) is 17.9 Å². The minimum Gasteiger partial charge on any atom is -0.481 e. The Morgan fingerprint density at radius 1 is 1.45 bits per heavy atom. The maximum absolute atomic E-state index is 12.3. The fraction of sp³-hybridized carbons (Fsp3) is 0.429. The molecule has 0 aromatic carbocycles. The zero-order valence-electron chi connectivity index (χ0n) is 12.4. The van der Waals surface area contributed by atoms with Crippen molar-refractivity contribution < 1.29 is 9.53 Å². The summed E-state index contributed by atoms with van der Waals surface area (Å²) in [4.78, 5) is 26.9. The molecule has 1 amide bonds. The Balaban J connectivity index is 1.72. The second-order valence-electron chi connectivity index (χ2n) is 5.03. The average molecular weight is 319 g/mol. The van der Waals surface area contributed by atoms with Crippen molar-refractivity contribution in [3.05, 3.63) is 29.2 Å². The lowest BCUT2D eigenvalue weighted by Crippen LogP contribution is -2.44. The molecule has 8 heteroatoms. The first-order valence-electron chi connectivity index (χ1n) is 7.00. The molecule has 0 saturated carbocycles. The highest BCUT2D eigenvalue weighted by atomic mass is 32.1. The predicted molar refractivity (Wildman–Crippen MR) is 82.9 cm³/mol. The van der Waals surface area contributed by atoms with E-state index in [4.69, 9.17) is 4.74 Å². The van der Waals surface area contributed by atoms with E-state index in [1.54, 1.807) is 13.3 Å². The zero-order valence-corrected chi connectivity index (χ0v) is 13.3. The number of aromatic nitrogens is 3. The van der Waals surface area contributed by atoms with Crippen molar-refractivity contribution in [2.75, 3.05) is 19.0 Å². The van der Waals surface area contributed by atoms with Crippen molar-refractivity contribution in [1.29, 1.82) is 0 Å². The molecule has 0 fully saturated rings. The summed E-state index contributed by atoms with van der Waals surface area (Å²) in [5, 5.41) is 5.29. The number of carbonyl (C=O) groups is 1. The van der Waals surface area contributed by atoms with Crippen LogP contribution in [0.25, 0.3) is 0 Å². The van der Waals surface area contributed by atoms with Gasteiger partial charge in [0.05, 0.1) is 18.8 Å². The SMILES string of the molecule is COc1ncnc2c1CN([C@H](C)C(=O)Nc1nccs1)CC2. The van der Waals surface area contributed by atoms with Gasteiger partial charge in [-0.3, -0.25) is 9.69 Å². The number of carbonyl (C=O) groups excluding carboxylic acids is 1. The molecule has 1 N–H and O–H groups in total. The van der Waals surface area contributed by atoms with Crippen molar-refractivity contribution in [3.8, 4) is 5.88 Å². The fourth-order valence-electron chi connectivity index (χ4n) is 2.50. The molecule has 1 atom stereocenters. The Kier molecular flexibility index (Phi) is 4.30. The van der Waals surface area contributed by atoms with Crippen LogP contribution in [0.1, 0.15) is 18.2 Å². The number of hydrogen-bond donors (Lipinski definition) is 1. The Morgan fingerprint density at radius 2 is 2.32 bits per heavy atom. The summed E-state index contributed by atoms with van der Waals surface area (Å²) in [5.41, 5.74) is 1.96. The van der Waals surface area contributed by atoms with E-state index in [1.165, 1.54) is 17.7 Å². The number of nitrogens with zero attached hydrogens (tertiary/aromatic N) is 4. The predicted octanol–water partition coefficient (Wildman–Crippen LogP) is 1.33. The van der Waals surface area contributed by atoms with Gasteiger partial charge in [0.1, 0.15) is 6.33 Å². The zero-order chi connectivity index (χ0) is 15.5. The van der Waals surface area contributed by atoms with E-state index in [-0.39, 0.29) is 11.9 Å². The summed E-state index contributed by atoms with van der Waals surface area (Å²) in [6.07, 6.45) is 3.97. The van der Waals surface area contributed by atoms with Gasteiger partial charge in [-0.1, -0.05) is 0 Å². The summed E-state index contributed by atoms with van der Waals surface area (Å²) >= 11 is 1.41. The van der Waals surface area contributed by atoms with Crippen LogP contribution >= 0.6 is 11.3 Å². The third-order valence-electron chi connectivity index (χ3n) is 3.78. The highest BCUT2D eigenvalue weighted by molar-refractivity contribution is 7.13. The smallest absolute Gasteiger partial charge is 0.243 e. The van der Waals surface area contributed by atoms with E-state index in [9.17, 15) is 4.79 Å². The Hall–Kier alpha value is -2.06. The summed E-state index contributed by atoms with van der Waals surface area (Å²) < 4.78 is 5.30. The molecule has 0 radical (unpaired) electrons. The Labute approximate surface area is 132 Å². The van der Waals surface area contributed by atoms with Gasteiger partial charge < -0.3 is 10.1 Å². The summed E-state index contributed by atoms with van der Waals surface area (Å²) in [6.45, 7) is 3.27. The lowest BCUT2D eigenvalue weighted by Gasteiger charge is -2.32. The molecule has 2 aromatic heterocycles. The number of amides is 1. The van der Waals surface area contributed by atoms with Gasteiger partial charge in [-0.15, -0.1) is 11.3 Å². The standard InChI is InChI=1S/C14H17N5O2S/c1-9(12(20)18-14-15-4-6-22-14)19-5-3-11-10(7-19)13(21-2)17-8-16-11/h4,6,8-9H,3,5,7H2,1-2H3,(H,15,18,20)/t9-/m1/s1. The maximum Gasteiger partial charge on any atom is 0.243 e. The summed E-state index contributed by atoms with van der Waals surface area (Å²) in [7, 11) is 1.60. The monoisotopic (exact) mass is 319 g/mol. The number of thiazole rings is 1. The Morgan fingerprint density at radius 3 is 3.05 bits per heavy atom. The lowest BCUT2D eigenvalue weighted by atomic mass is 10.0. The molecule has 0 aliphatic carbocycles. The normalized spacial score (nSPS) is 15.9. The van der Waals surface area contributed by atoms with Crippen LogP contribution < -0.4 is 10.1 Å². The number of rotatable bonds is 4. The van der Waals surface area contributed by atoms with E-state index in [2.05, 4.69) is 25.2 Å². The second kappa shape index (κ2) is 6.37. The van der Waals surface area contributed by atoms with Crippen LogP contribution in [0.4, 0.5) is 5.13 Å². The first-order chi connectivity index (χ1) is 10.7. The second-order valence-corrected chi connectivity index (χ2v) is 5.93. The minimum absolute atomic E-state index is 0.0609. The van der Waals surface area contributed by atoms with Crippen LogP contribution in [0.2, 0.25) is 0 Å². The number of fused-ring (bicyclic) bond motifs is 1. The van der Waals surface area contributed by atoms with E-state index in [1.807, 2.05) is 12.3 Å². The molecule has 7 nitrogen and oxygen atoms in total. The first-order valence-corrected chi connectivity index (χ1v) is 7.88. The molecule has 22 heavy (non-hydrogen) atoms. The van der Waals surface area contributed by atoms with Crippen molar-refractivity contribution in [2.45, 2.75) is 25.9 Å². The van der Waals surface area contributed by atoms with E-state index >= 15 is 0 Å². The third-order valence-corrected chi connectivity index (χ3v) is 4.46. The summed E-state index contributed by atoms with van der Waals surface area (Å²) in [5.74, 6) is 0.524. The van der Waals surface area contributed by atoms with Crippen molar-refractivity contribution in [3.63, 3.8) is 0 Å². The van der Waals surface area contributed by atoms with Gasteiger partial charge in [0.2, 0.25) is 11.8 Å². The van der Waals surface area contributed by atoms with Gasteiger partial charge >= 0.3 is 0 Å². The number of methoxy groups -OCH3 is 1.